The Morgan fingerprint density at radius 3 is 2.43 bits per heavy atom. The van der Waals surface area contributed by atoms with E-state index in [1.807, 2.05) is 13.8 Å². The second-order valence-corrected chi connectivity index (χ2v) is 4.62. The molecular formula is C9H13NO3S. The van der Waals surface area contributed by atoms with Gasteiger partial charge < -0.3 is 15.9 Å². The Kier molecular flexibility index (Phi) is 3.25. The van der Waals surface area contributed by atoms with Crippen LogP contribution in [0, 0.1) is 13.8 Å². The summed E-state index contributed by atoms with van der Waals surface area (Å²) < 4.78 is 0. The summed E-state index contributed by atoms with van der Waals surface area (Å²) in [6.07, 6.45) is -2.76. The van der Waals surface area contributed by atoms with Crippen molar-refractivity contribution in [1.29, 1.82) is 0 Å². The van der Waals surface area contributed by atoms with Gasteiger partial charge in [-0.15, -0.1) is 11.3 Å². The number of rotatable bonds is 3. The van der Waals surface area contributed by atoms with Crippen molar-refractivity contribution < 1.29 is 15.0 Å². The van der Waals surface area contributed by atoms with E-state index in [2.05, 4.69) is 0 Å². The van der Waals surface area contributed by atoms with Crippen LogP contribution in [0.4, 0.5) is 0 Å². The van der Waals surface area contributed by atoms with Gasteiger partial charge in [0.1, 0.15) is 6.10 Å². The van der Waals surface area contributed by atoms with Gasteiger partial charge in [-0.25, -0.2) is 0 Å². The maximum absolute atomic E-state index is 10.6. The molecule has 5 heteroatoms. The molecule has 0 saturated heterocycles. The third kappa shape index (κ3) is 2.12. The number of aliphatic hydroxyl groups is 2. The van der Waals surface area contributed by atoms with Crippen molar-refractivity contribution in [2.75, 3.05) is 0 Å². The molecule has 1 amide bonds. The first-order valence-electron chi connectivity index (χ1n) is 4.16. The van der Waals surface area contributed by atoms with E-state index in [1.165, 1.54) is 11.3 Å². The Balaban J connectivity index is 2.94. The predicted octanol–water partition coefficient (Wildman–Crippen LogP) is 0.245. The summed E-state index contributed by atoms with van der Waals surface area (Å²) in [5.41, 5.74) is 5.45. The van der Waals surface area contributed by atoms with Crippen LogP contribution in [0.2, 0.25) is 0 Å². The number of primary amides is 1. The fourth-order valence-corrected chi connectivity index (χ4v) is 2.24. The maximum atomic E-state index is 10.6. The Morgan fingerprint density at radius 1 is 1.50 bits per heavy atom. The zero-order valence-electron chi connectivity index (χ0n) is 8.02. The van der Waals surface area contributed by atoms with E-state index < -0.39 is 18.1 Å². The van der Waals surface area contributed by atoms with E-state index in [9.17, 15) is 15.0 Å². The van der Waals surface area contributed by atoms with Crippen molar-refractivity contribution in [3.05, 3.63) is 21.4 Å². The van der Waals surface area contributed by atoms with Crippen LogP contribution in [-0.2, 0) is 4.79 Å². The molecule has 0 saturated carbocycles. The van der Waals surface area contributed by atoms with Gasteiger partial charge >= 0.3 is 0 Å². The Morgan fingerprint density at radius 2 is 2.07 bits per heavy atom. The van der Waals surface area contributed by atoms with Crippen LogP contribution >= 0.6 is 11.3 Å². The monoisotopic (exact) mass is 215 g/mol. The van der Waals surface area contributed by atoms with E-state index >= 15 is 0 Å². The van der Waals surface area contributed by atoms with Crippen molar-refractivity contribution in [2.45, 2.75) is 26.1 Å². The highest BCUT2D eigenvalue weighted by atomic mass is 32.1. The Labute approximate surface area is 86.0 Å². The van der Waals surface area contributed by atoms with Crippen molar-refractivity contribution in [1.82, 2.24) is 0 Å². The zero-order chi connectivity index (χ0) is 10.9. The number of nitrogens with two attached hydrogens (primary N) is 1. The molecule has 1 aromatic heterocycles. The molecular weight excluding hydrogens is 202 g/mol. The molecule has 0 aliphatic carbocycles. The number of thiophene rings is 1. The summed E-state index contributed by atoms with van der Waals surface area (Å²) in [6.45, 7) is 3.72. The highest BCUT2D eigenvalue weighted by molar-refractivity contribution is 7.12. The minimum Gasteiger partial charge on any atom is -0.385 e. The van der Waals surface area contributed by atoms with Crippen LogP contribution < -0.4 is 5.73 Å². The number of aliphatic hydroxyl groups excluding tert-OH is 2. The molecule has 0 fully saturated rings. The summed E-state index contributed by atoms with van der Waals surface area (Å²) >= 11 is 1.50. The van der Waals surface area contributed by atoms with Crippen LogP contribution in [0.5, 0.6) is 0 Å². The molecule has 0 aliphatic heterocycles. The second-order valence-electron chi connectivity index (χ2n) is 3.16. The topological polar surface area (TPSA) is 83.6 Å². The van der Waals surface area contributed by atoms with Crippen LogP contribution in [0.3, 0.4) is 0 Å². The Bertz CT molecular complexity index is 348. The summed E-state index contributed by atoms with van der Waals surface area (Å²) in [4.78, 5) is 12.6. The summed E-state index contributed by atoms with van der Waals surface area (Å²) in [5.74, 6) is -0.916. The van der Waals surface area contributed by atoms with Crippen molar-refractivity contribution >= 4 is 17.2 Å². The van der Waals surface area contributed by atoms with Crippen LogP contribution in [0.1, 0.15) is 21.4 Å². The summed E-state index contributed by atoms with van der Waals surface area (Å²) in [5, 5.41) is 18.9. The molecule has 0 aliphatic rings. The first-order chi connectivity index (χ1) is 6.43. The molecule has 4 nitrogen and oxygen atoms in total. The van der Waals surface area contributed by atoms with Crippen LogP contribution in [0.25, 0.3) is 0 Å². The van der Waals surface area contributed by atoms with Gasteiger partial charge in [0.25, 0.3) is 0 Å². The molecule has 14 heavy (non-hydrogen) atoms. The minimum atomic E-state index is -1.54. The van der Waals surface area contributed by atoms with Crippen LogP contribution in [-0.4, -0.2) is 22.2 Å². The number of aryl methyl sites for hydroxylation is 2. The van der Waals surface area contributed by atoms with Crippen molar-refractivity contribution in [3.8, 4) is 0 Å². The van der Waals surface area contributed by atoms with E-state index in [1.54, 1.807) is 6.07 Å². The lowest BCUT2D eigenvalue weighted by atomic mass is 10.1. The molecule has 78 valence electrons. The number of amides is 1. The van der Waals surface area contributed by atoms with Gasteiger partial charge in [0.2, 0.25) is 5.91 Å². The molecule has 0 bridgehead atoms. The van der Waals surface area contributed by atoms with E-state index in [4.69, 9.17) is 5.73 Å². The van der Waals surface area contributed by atoms with Gasteiger partial charge in [-0.1, -0.05) is 0 Å². The molecule has 4 N–H and O–H groups in total. The molecule has 1 heterocycles. The lowest BCUT2D eigenvalue weighted by Crippen LogP contribution is -2.33. The van der Waals surface area contributed by atoms with Gasteiger partial charge in [-0.3, -0.25) is 4.79 Å². The highest BCUT2D eigenvalue weighted by Crippen LogP contribution is 2.28. The third-order valence-electron chi connectivity index (χ3n) is 1.99. The molecule has 1 aromatic rings. The quantitative estimate of drug-likeness (QED) is 0.675. The van der Waals surface area contributed by atoms with Gasteiger partial charge in [-0.2, -0.15) is 0 Å². The van der Waals surface area contributed by atoms with Crippen molar-refractivity contribution in [2.24, 2.45) is 5.73 Å². The highest BCUT2D eigenvalue weighted by Gasteiger charge is 2.25. The number of carbonyl (C=O) groups is 1. The average molecular weight is 215 g/mol. The predicted molar refractivity (Wildman–Crippen MR) is 54.0 cm³/mol. The fourth-order valence-electron chi connectivity index (χ4n) is 1.27. The number of hydrogen-bond acceptors (Lipinski definition) is 4. The van der Waals surface area contributed by atoms with Crippen molar-refractivity contribution in [3.63, 3.8) is 0 Å². The zero-order valence-corrected chi connectivity index (χ0v) is 8.84. The van der Waals surface area contributed by atoms with E-state index in [0.717, 1.165) is 9.75 Å². The standard InChI is InChI=1S/C9H13NO3S/c1-4-3-6(5(2)14-4)7(11)8(12)9(10)13/h3,7-8,11-12H,1-2H3,(H2,10,13). The molecule has 0 radical (unpaired) electrons. The molecule has 0 aromatic carbocycles. The second kappa shape index (κ2) is 4.08. The normalized spacial score (nSPS) is 15.1. The average Bonchev–Trinajstić information content (AvgIpc) is 2.42. The molecule has 2 atom stereocenters. The smallest absolute Gasteiger partial charge is 0.249 e. The lowest BCUT2D eigenvalue weighted by Gasteiger charge is -2.14. The lowest BCUT2D eigenvalue weighted by molar-refractivity contribution is -0.131. The van der Waals surface area contributed by atoms with Gasteiger partial charge in [0, 0.05) is 9.75 Å². The van der Waals surface area contributed by atoms with Gasteiger partial charge in [0.15, 0.2) is 6.10 Å². The first-order valence-corrected chi connectivity index (χ1v) is 4.97. The van der Waals surface area contributed by atoms with E-state index in [-0.39, 0.29) is 0 Å². The largest absolute Gasteiger partial charge is 0.385 e. The molecule has 2 unspecified atom stereocenters. The van der Waals surface area contributed by atoms with E-state index in [0.29, 0.717) is 5.56 Å². The fraction of sp³-hybridized carbons (Fsp3) is 0.444. The third-order valence-corrected chi connectivity index (χ3v) is 2.97. The SMILES string of the molecule is Cc1cc(C(O)C(O)C(N)=O)c(C)s1. The Hall–Kier alpha value is -0.910. The van der Waals surface area contributed by atoms with Gasteiger partial charge in [0.05, 0.1) is 0 Å². The summed E-state index contributed by atoms with van der Waals surface area (Å²) in [7, 11) is 0. The first kappa shape index (κ1) is 11.2. The maximum Gasteiger partial charge on any atom is 0.249 e. The van der Waals surface area contributed by atoms with Crippen LogP contribution in [0.15, 0.2) is 6.07 Å². The summed E-state index contributed by atoms with van der Waals surface area (Å²) in [6, 6.07) is 1.75. The minimum absolute atomic E-state index is 0.568. The van der Waals surface area contributed by atoms with Gasteiger partial charge in [-0.05, 0) is 25.5 Å². The molecule has 1 rings (SSSR count). The number of hydrogen-bond donors (Lipinski definition) is 3. The number of carbonyl (C=O) groups excluding carboxylic acids is 1. The molecule has 0 spiro atoms.